The van der Waals surface area contributed by atoms with Crippen LogP contribution in [-0.2, 0) is 15.5 Å². The molecule has 0 fully saturated rings. The Morgan fingerprint density at radius 3 is 2.09 bits per heavy atom. The van der Waals surface area contributed by atoms with E-state index in [2.05, 4.69) is 0 Å². The van der Waals surface area contributed by atoms with Gasteiger partial charge in [-0.1, -0.05) is 6.92 Å². The summed E-state index contributed by atoms with van der Waals surface area (Å²) >= 11 is 0. The zero-order valence-corrected chi connectivity index (χ0v) is 7.56. The van der Waals surface area contributed by atoms with Gasteiger partial charge in [-0.05, 0) is 13.3 Å². The number of rotatable bonds is 4. The molecule has 5 heteroatoms. The fraction of sp³-hybridized carbons (Fsp3) is 0.833. The Balaban J connectivity index is 4.47. The summed E-state index contributed by atoms with van der Waals surface area (Å²) in [6.07, 6.45) is 0.450. The lowest BCUT2D eigenvalue weighted by Crippen LogP contribution is -2.37. The minimum atomic E-state index is -2.53. The van der Waals surface area contributed by atoms with E-state index in [0.29, 0.717) is 6.42 Å². The molecule has 11 heavy (non-hydrogen) atoms. The molecule has 0 aliphatic carbocycles. The highest BCUT2D eigenvalue weighted by molar-refractivity contribution is 7.72. The molecule has 1 unspecified atom stereocenters. The van der Waals surface area contributed by atoms with Gasteiger partial charge in [0, 0.05) is 0 Å². The van der Waals surface area contributed by atoms with Gasteiger partial charge in [-0.3, -0.25) is 4.79 Å². The first-order chi connectivity index (χ1) is 4.92. The van der Waals surface area contributed by atoms with Crippen molar-refractivity contribution in [2.24, 2.45) is 11.1 Å². The van der Waals surface area contributed by atoms with E-state index in [-0.39, 0.29) is 5.75 Å². The van der Waals surface area contributed by atoms with Crippen molar-refractivity contribution in [3.63, 3.8) is 0 Å². The average molecular weight is 179 g/mol. The molecule has 0 aromatic rings. The first-order valence-electron chi connectivity index (χ1n) is 3.34. The van der Waals surface area contributed by atoms with Gasteiger partial charge in [0.1, 0.15) is 10.7 Å². The number of amides is 1. The molecule has 0 spiro atoms. The number of primary amides is 1. The molecule has 0 aliphatic heterocycles. The maximum absolute atomic E-state index is 10.7. The van der Waals surface area contributed by atoms with Crippen molar-refractivity contribution >= 4 is 16.6 Å². The summed E-state index contributed by atoms with van der Waals surface area (Å²) in [5.74, 6) is -0.715. The van der Waals surface area contributed by atoms with Crippen LogP contribution in [0.3, 0.4) is 0 Å². The van der Waals surface area contributed by atoms with Gasteiger partial charge in [-0.25, -0.2) is 8.42 Å². The molecule has 0 aliphatic rings. The standard InChI is InChI=1S/C6H13NO3S/c1-3-6(2,5(7)8)4-11(9)10/h11H,3-4H2,1-2H3,(H2,7,8). The Morgan fingerprint density at radius 1 is 1.55 bits per heavy atom. The van der Waals surface area contributed by atoms with Gasteiger partial charge in [-0.15, -0.1) is 0 Å². The molecular weight excluding hydrogens is 166 g/mol. The molecule has 0 radical (unpaired) electrons. The Morgan fingerprint density at radius 2 is 2.00 bits per heavy atom. The molecule has 2 N–H and O–H groups in total. The number of hydrogen-bond acceptors (Lipinski definition) is 3. The smallest absolute Gasteiger partial charge is 0.224 e. The molecule has 66 valence electrons. The van der Waals surface area contributed by atoms with Crippen LogP contribution in [0.25, 0.3) is 0 Å². The van der Waals surface area contributed by atoms with Gasteiger partial charge in [0.15, 0.2) is 0 Å². The first kappa shape index (κ1) is 10.4. The summed E-state index contributed by atoms with van der Waals surface area (Å²) in [7, 11) is -2.53. The summed E-state index contributed by atoms with van der Waals surface area (Å²) in [4.78, 5) is 10.7. The van der Waals surface area contributed by atoms with Gasteiger partial charge < -0.3 is 5.73 Å². The van der Waals surface area contributed by atoms with Crippen LogP contribution in [0.2, 0.25) is 0 Å². The van der Waals surface area contributed by atoms with Crippen LogP contribution >= 0.6 is 0 Å². The molecule has 0 heterocycles. The quantitative estimate of drug-likeness (QED) is 0.571. The van der Waals surface area contributed by atoms with Gasteiger partial charge >= 0.3 is 0 Å². The highest BCUT2D eigenvalue weighted by Gasteiger charge is 2.29. The van der Waals surface area contributed by atoms with Crippen molar-refractivity contribution in [2.45, 2.75) is 20.3 Å². The second-order valence-corrected chi connectivity index (χ2v) is 3.75. The van der Waals surface area contributed by atoms with E-state index in [1.807, 2.05) is 0 Å². The fourth-order valence-electron chi connectivity index (χ4n) is 0.649. The SMILES string of the molecule is CCC(C)(C[SH](=O)=O)C(N)=O. The van der Waals surface area contributed by atoms with Crippen LogP contribution in [0, 0.1) is 5.41 Å². The largest absolute Gasteiger partial charge is 0.369 e. The molecule has 0 aromatic carbocycles. The molecule has 1 amide bonds. The zero-order valence-electron chi connectivity index (χ0n) is 6.66. The van der Waals surface area contributed by atoms with Crippen LogP contribution in [0.5, 0.6) is 0 Å². The number of hydrogen-bond donors (Lipinski definition) is 2. The molecule has 0 rings (SSSR count). The second kappa shape index (κ2) is 3.71. The Bertz CT molecular complexity index is 216. The zero-order chi connectivity index (χ0) is 9.07. The fourth-order valence-corrected chi connectivity index (χ4v) is 1.60. The average Bonchev–Trinajstić information content (AvgIpc) is 1.86. The molecule has 0 saturated heterocycles. The number of carbonyl (C=O) groups is 1. The van der Waals surface area contributed by atoms with E-state index in [1.165, 1.54) is 0 Å². The Hall–Kier alpha value is -0.580. The van der Waals surface area contributed by atoms with E-state index in [9.17, 15) is 13.2 Å². The van der Waals surface area contributed by atoms with E-state index in [4.69, 9.17) is 5.73 Å². The summed E-state index contributed by atoms with van der Waals surface area (Å²) in [6.45, 7) is 3.30. The van der Waals surface area contributed by atoms with Crippen molar-refractivity contribution in [2.75, 3.05) is 5.75 Å². The maximum Gasteiger partial charge on any atom is 0.224 e. The van der Waals surface area contributed by atoms with Crippen LogP contribution < -0.4 is 5.73 Å². The Kier molecular flexibility index (Phi) is 3.51. The highest BCUT2D eigenvalue weighted by atomic mass is 32.2. The lowest BCUT2D eigenvalue weighted by Gasteiger charge is -2.20. The topological polar surface area (TPSA) is 77.2 Å². The Labute approximate surface area is 67.7 Å². The molecule has 1 atom stereocenters. The molecule has 0 aromatic heterocycles. The lowest BCUT2D eigenvalue weighted by molar-refractivity contribution is -0.125. The van der Waals surface area contributed by atoms with E-state index < -0.39 is 22.0 Å². The van der Waals surface area contributed by atoms with Crippen LogP contribution in [0.15, 0.2) is 0 Å². The summed E-state index contributed by atoms with van der Waals surface area (Å²) in [6, 6.07) is 0. The monoisotopic (exact) mass is 179 g/mol. The van der Waals surface area contributed by atoms with Gasteiger partial charge in [0.05, 0.1) is 11.2 Å². The van der Waals surface area contributed by atoms with E-state index in [0.717, 1.165) is 0 Å². The van der Waals surface area contributed by atoms with Gasteiger partial charge in [0.2, 0.25) is 5.91 Å². The predicted molar refractivity (Wildman–Crippen MR) is 42.8 cm³/mol. The molecule has 0 bridgehead atoms. The van der Waals surface area contributed by atoms with Gasteiger partial charge in [0.25, 0.3) is 0 Å². The number of nitrogens with two attached hydrogens (primary N) is 1. The third kappa shape index (κ3) is 2.88. The number of thiol groups is 1. The summed E-state index contributed by atoms with van der Waals surface area (Å²) in [5, 5.41) is 0. The minimum Gasteiger partial charge on any atom is -0.369 e. The third-order valence-electron chi connectivity index (χ3n) is 1.85. The maximum atomic E-state index is 10.7. The van der Waals surface area contributed by atoms with Crippen LogP contribution in [0.1, 0.15) is 20.3 Å². The normalized spacial score (nSPS) is 16.3. The third-order valence-corrected chi connectivity index (χ3v) is 2.81. The van der Waals surface area contributed by atoms with Crippen molar-refractivity contribution in [1.82, 2.24) is 0 Å². The van der Waals surface area contributed by atoms with Crippen molar-refractivity contribution in [3.05, 3.63) is 0 Å². The van der Waals surface area contributed by atoms with Crippen LogP contribution in [0.4, 0.5) is 0 Å². The van der Waals surface area contributed by atoms with E-state index in [1.54, 1.807) is 13.8 Å². The number of carbonyl (C=O) groups excluding carboxylic acids is 1. The highest BCUT2D eigenvalue weighted by Crippen LogP contribution is 2.19. The molecule has 0 saturated carbocycles. The lowest BCUT2D eigenvalue weighted by atomic mass is 9.89. The summed E-state index contributed by atoms with van der Waals surface area (Å²) < 4.78 is 20.6. The van der Waals surface area contributed by atoms with Crippen LogP contribution in [-0.4, -0.2) is 20.1 Å². The van der Waals surface area contributed by atoms with Crippen molar-refractivity contribution in [1.29, 1.82) is 0 Å². The molecular formula is C6H13NO3S. The van der Waals surface area contributed by atoms with Crippen molar-refractivity contribution in [3.8, 4) is 0 Å². The minimum absolute atomic E-state index is 0.159. The second-order valence-electron chi connectivity index (χ2n) is 2.77. The van der Waals surface area contributed by atoms with Gasteiger partial charge in [-0.2, -0.15) is 0 Å². The van der Waals surface area contributed by atoms with E-state index >= 15 is 0 Å². The first-order valence-corrected chi connectivity index (χ1v) is 4.70. The predicted octanol–water partition coefficient (Wildman–Crippen LogP) is -0.501. The molecule has 4 nitrogen and oxygen atoms in total. The van der Waals surface area contributed by atoms with Crippen molar-refractivity contribution < 1.29 is 13.2 Å². The summed E-state index contributed by atoms with van der Waals surface area (Å²) in [5.41, 5.74) is 4.13.